The number of benzene rings is 1. The number of hydrogen-bond donors (Lipinski definition) is 1. The molecule has 26 heavy (non-hydrogen) atoms. The highest BCUT2D eigenvalue weighted by Crippen LogP contribution is 2.38. The lowest BCUT2D eigenvalue weighted by Gasteiger charge is -2.20. The third-order valence-electron chi connectivity index (χ3n) is 3.91. The molecule has 0 unspecified atom stereocenters. The minimum Gasteiger partial charge on any atom is -0.486 e. The fraction of sp³-hybridized carbons (Fsp3) is 0.471. The first-order valence-electron chi connectivity index (χ1n) is 8.23. The first-order valence-corrected chi connectivity index (χ1v) is 8.61. The van der Waals surface area contributed by atoms with Crippen molar-refractivity contribution in [1.82, 2.24) is 10.2 Å². The van der Waals surface area contributed by atoms with E-state index in [-0.39, 0.29) is 29.1 Å². The molecule has 1 N–H and O–H groups in total. The van der Waals surface area contributed by atoms with Crippen LogP contribution in [0.4, 0.5) is 0 Å². The van der Waals surface area contributed by atoms with Gasteiger partial charge in [0.05, 0.1) is 17.1 Å². The van der Waals surface area contributed by atoms with E-state index in [1.807, 2.05) is 0 Å². The summed E-state index contributed by atoms with van der Waals surface area (Å²) in [6.07, 6.45) is 1.94. The quantitative estimate of drug-likeness (QED) is 0.738. The lowest BCUT2D eigenvalue weighted by atomic mass is 10.2. The number of likely N-dealkylation sites (N-methyl/N-ethyl adjacent to an activating group) is 1. The van der Waals surface area contributed by atoms with Gasteiger partial charge in [-0.3, -0.25) is 9.59 Å². The van der Waals surface area contributed by atoms with Crippen molar-refractivity contribution in [3.63, 3.8) is 0 Å². The van der Waals surface area contributed by atoms with Crippen molar-refractivity contribution in [1.29, 1.82) is 0 Å². The minimum atomic E-state index is -0.715. The van der Waals surface area contributed by atoms with Crippen LogP contribution in [0.3, 0.4) is 0 Å². The second-order valence-electron chi connectivity index (χ2n) is 6.15. The lowest BCUT2D eigenvalue weighted by Crippen LogP contribution is -2.40. The van der Waals surface area contributed by atoms with Gasteiger partial charge in [0.2, 0.25) is 5.91 Å². The Hall–Kier alpha value is -2.48. The molecule has 0 bridgehead atoms. The van der Waals surface area contributed by atoms with Crippen LogP contribution in [0.5, 0.6) is 11.5 Å². The van der Waals surface area contributed by atoms with E-state index in [0.29, 0.717) is 24.7 Å². The normalized spacial score (nSPS) is 15.2. The molecule has 140 valence electrons. The van der Waals surface area contributed by atoms with Gasteiger partial charge in [-0.2, -0.15) is 0 Å². The zero-order valence-electron chi connectivity index (χ0n) is 14.2. The molecule has 1 fully saturated rings. The summed E-state index contributed by atoms with van der Waals surface area (Å²) in [7, 11) is 1.48. The third kappa shape index (κ3) is 4.57. The number of fused-ring (bicyclic) bond motifs is 1. The third-order valence-corrected chi connectivity index (χ3v) is 4.19. The fourth-order valence-corrected chi connectivity index (χ4v) is 2.62. The number of amides is 2. The topological polar surface area (TPSA) is 94.2 Å². The van der Waals surface area contributed by atoms with Crippen LogP contribution in [0.25, 0.3) is 0 Å². The Kier molecular flexibility index (Phi) is 5.51. The molecule has 1 aromatic carbocycles. The SMILES string of the molecule is CN(CC(=O)NC1CC1)C(=O)COC(=O)c1cc(Cl)c2c(c1)OCCO2. The number of nitrogens with one attached hydrogen (secondary N) is 1. The summed E-state index contributed by atoms with van der Waals surface area (Å²) >= 11 is 6.08. The number of carbonyl (C=O) groups excluding carboxylic acids is 3. The van der Waals surface area contributed by atoms with Crippen LogP contribution in [0.15, 0.2) is 12.1 Å². The van der Waals surface area contributed by atoms with Gasteiger partial charge >= 0.3 is 5.97 Å². The Morgan fingerprint density at radius 2 is 2.00 bits per heavy atom. The van der Waals surface area contributed by atoms with Gasteiger partial charge in [0.25, 0.3) is 5.91 Å². The minimum absolute atomic E-state index is 0.0806. The zero-order valence-corrected chi connectivity index (χ0v) is 15.0. The van der Waals surface area contributed by atoms with Gasteiger partial charge in [-0.1, -0.05) is 11.6 Å². The molecule has 2 amide bonds. The maximum absolute atomic E-state index is 12.2. The number of rotatable bonds is 6. The number of nitrogens with zero attached hydrogens (tertiary/aromatic N) is 1. The summed E-state index contributed by atoms with van der Waals surface area (Å²) in [5, 5.41) is 3.02. The average Bonchev–Trinajstić information content (AvgIpc) is 3.43. The second-order valence-corrected chi connectivity index (χ2v) is 6.56. The Morgan fingerprint density at radius 3 is 2.73 bits per heavy atom. The smallest absolute Gasteiger partial charge is 0.338 e. The highest BCUT2D eigenvalue weighted by atomic mass is 35.5. The maximum Gasteiger partial charge on any atom is 0.338 e. The van der Waals surface area contributed by atoms with E-state index < -0.39 is 18.5 Å². The number of halogens is 1. The van der Waals surface area contributed by atoms with Crippen molar-refractivity contribution < 1.29 is 28.6 Å². The van der Waals surface area contributed by atoms with Crippen LogP contribution in [0.1, 0.15) is 23.2 Å². The van der Waals surface area contributed by atoms with E-state index in [1.165, 1.54) is 24.1 Å². The lowest BCUT2D eigenvalue weighted by molar-refractivity contribution is -0.137. The molecule has 1 aromatic rings. The van der Waals surface area contributed by atoms with Crippen LogP contribution in [0, 0.1) is 0 Å². The van der Waals surface area contributed by atoms with Crippen molar-refractivity contribution in [2.45, 2.75) is 18.9 Å². The largest absolute Gasteiger partial charge is 0.486 e. The summed E-state index contributed by atoms with van der Waals surface area (Å²) in [6.45, 7) is 0.181. The van der Waals surface area contributed by atoms with Crippen LogP contribution < -0.4 is 14.8 Å². The monoisotopic (exact) mass is 382 g/mol. The molecule has 8 nitrogen and oxygen atoms in total. The van der Waals surface area contributed by atoms with Gasteiger partial charge in [-0.25, -0.2) is 4.79 Å². The molecular formula is C17H19ClN2O6. The average molecular weight is 383 g/mol. The van der Waals surface area contributed by atoms with Gasteiger partial charge < -0.3 is 24.4 Å². The fourth-order valence-electron chi connectivity index (χ4n) is 2.35. The van der Waals surface area contributed by atoms with E-state index in [9.17, 15) is 14.4 Å². The first-order chi connectivity index (χ1) is 12.4. The van der Waals surface area contributed by atoms with Gasteiger partial charge in [0, 0.05) is 13.1 Å². The van der Waals surface area contributed by atoms with Crippen LogP contribution in [0.2, 0.25) is 5.02 Å². The second kappa shape index (κ2) is 7.82. The number of carbonyl (C=O) groups is 3. The Balaban J connectivity index is 1.52. The summed E-state index contributed by atoms with van der Waals surface area (Å²) < 4.78 is 15.8. The van der Waals surface area contributed by atoms with Crippen molar-refractivity contribution >= 4 is 29.4 Å². The van der Waals surface area contributed by atoms with Crippen molar-refractivity contribution in [3.8, 4) is 11.5 Å². The highest BCUT2D eigenvalue weighted by molar-refractivity contribution is 6.32. The predicted molar refractivity (Wildman–Crippen MR) is 91.5 cm³/mol. The molecule has 2 aliphatic rings. The van der Waals surface area contributed by atoms with Gasteiger partial charge in [-0.15, -0.1) is 0 Å². The zero-order chi connectivity index (χ0) is 18.7. The number of esters is 1. The number of hydrogen-bond acceptors (Lipinski definition) is 6. The standard InChI is InChI=1S/C17H19ClN2O6/c1-20(8-14(21)19-11-2-3-11)15(22)9-26-17(23)10-6-12(18)16-13(7-10)24-4-5-25-16/h6-7,11H,2-5,8-9H2,1H3,(H,19,21). The summed E-state index contributed by atoms with van der Waals surface area (Å²) in [5.74, 6) is -0.683. The Bertz CT molecular complexity index is 734. The Morgan fingerprint density at radius 1 is 1.27 bits per heavy atom. The molecule has 0 saturated heterocycles. The van der Waals surface area contributed by atoms with Crippen molar-refractivity contribution in [3.05, 3.63) is 22.7 Å². The van der Waals surface area contributed by atoms with Crippen molar-refractivity contribution in [2.75, 3.05) is 33.4 Å². The molecule has 0 aromatic heterocycles. The molecule has 1 heterocycles. The van der Waals surface area contributed by atoms with Gasteiger partial charge in [-0.05, 0) is 25.0 Å². The molecular weight excluding hydrogens is 364 g/mol. The summed E-state index contributed by atoms with van der Waals surface area (Å²) in [6, 6.07) is 3.08. The van der Waals surface area contributed by atoms with E-state index in [0.717, 1.165) is 12.8 Å². The molecule has 3 rings (SSSR count). The van der Waals surface area contributed by atoms with E-state index in [2.05, 4.69) is 5.32 Å². The Labute approximate surface area is 155 Å². The van der Waals surface area contributed by atoms with Gasteiger partial charge in [0.1, 0.15) is 13.2 Å². The molecule has 1 saturated carbocycles. The molecule has 1 aliphatic heterocycles. The van der Waals surface area contributed by atoms with Crippen LogP contribution in [-0.2, 0) is 14.3 Å². The predicted octanol–water partition coefficient (Wildman–Crippen LogP) is 1.01. The van der Waals surface area contributed by atoms with Gasteiger partial charge in [0.15, 0.2) is 18.1 Å². The van der Waals surface area contributed by atoms with Crippen molar-refractivity contribution in [2.24, 2.45) is 0 Å². The summed E-state index contributed by atoms with van der Waals surface area (Å²) in [5.41, 5.74) is 0.154. The van der Waals surface area contributed by atoms with Crippen LogP contribution >= 0.6 is 11.6 Å². The molecule has 0 spiro atoms. The highest BCUT2D eigenvalue weighted by Gasteiger charge is 2.25. The van der Waals surface area contributed by atoms with E-state index in [1.54, 1.807) is 0 Å². The summed E-state index contributed by atoms with van der Waals surface area (Å²) in [4.78, 5) is 37.1. The molecule has 9 heteroatoms. The first kappa shape index (κ1) is 18.3. The maximum atomic E-state index is 12.2. The molecule has 0 radical (unpaired) electrons. The number of ether oxygens (including phenoxy) is 3. The molecule has 1 aliphatic carbocycles. The van der Waals surface area contributed by atoms with E-state index in [4.69, 9.17) is 25.8 Å². The van der Waals surface area contributed by atoms with E-state index >= 15 is 0 Å². The van der Waals surface area contributed by atoms with Crippen LogP contribution in [-0.4, -0.2) is 62.1 Å². The molecule has 0 atom stereocenters.